The van der Waals surface area contributed by atoms with E-state index in [0.29, 0.717) is 17.6 Å². The van der Waals surface area contributed by atoms with Crippen LogP contribution in [0.5, 0.6) is 0 Å². The Bertz CT molecular complexity index is 3580. The van der Waals surface area contributed by atoms with Gasteiger partial charge in [-0.1, -0.05) is 194 Å². The molecule has 9 aromatic carbocycles. The van der Waals surface area contributed by atoms with Gasteiger partial charge in [0.2, 0.25) is 5.95 Å². The van der Waals surface area contributed by atoms with Gasteiger partial charge in [-0.2, -0.15) is 9.97 Å². The lowest BCUT2D eigenvalue weighted by Gasteiger charge is -2.15. The Labute approximate surface area is 358 Å². The highest BCUT2D eigenvalue weighted by molar-refractivity contribution is 6.27. The number of aromatic nitrogens is 5. The second-order valence-electron chi connectivity index (χ2n) is 15.6. The van der Waals surface area contributed by atoms with Crippen LogP contribution in [0.4, 0.5) is 0 Å². The van der Waals surface area contributed by atoms with Crippen LogP contribution >= 0.6 is 0 Å². The first-order valence-electron chi connectivity index (χ1n) is 21.0. The molecule has 0 saturated carbocycles. The predicted octanol–water partition coefficient (Wildman–Crippen LogP) is 14.4. The summed E-state index contributed by atoms with van der Waals surface area (Å²) in [4.78, 5) is 15.8. The first-order chi connectivity index (χ1) is 30.8. The molecule has 0 N–H and O–H groups in total. The Morgan fingerprint density at radius 1 is 0.290 bits per heavy atom. The summed E-state index contributed by atoms with van der Waals surface area (Å²) in [6, 6.07) is 79.3. The molecule has 0 fully saturated rings. The van der Waals surface area contributed by atoms with E-state index in [9.17, 15) is 0 Å². The quantitative estimate of drug-likeness (QED) is 0.162. The van der Waals surface area contributed by atoms with Crippen molar-refractivity contribution in [1.82, 2.24) is 24.1 Å². The van der Waals surface area contributed by atoms with Crippen LogP contribution in [0.15, 0.2) is 224 Å². The molecule has 5 heteroatoms. The van der Waals surface area contributed by atoms with E-state index >= 15 is 0 Å². The van der Waals surface area contributed by atoms with Gasteiger partial charge >= 0.3 is 0 Å². The molecule has 0 spiro atoms. The minimum absolute atomic E-state index is 0.561. The molecule has 0 amide bonds. The van der Waals surface area contributed by atoms with Crippen molar-refractivity contribution in [2.45, 2.75) is 0 Å². The van der Waals surface area contributed by atoms with Gasteiger partial charge in [0.25, 0.3) is 0 Å². The summed E-state index contributed by atoms with van der Waals surface area (Å²) in [5.74, 6) is 1.79. The summed E-state index contributed by atoms with van der Waals surface area (Å²) < 4.78 is 4.69. The van der Waals surface area contributed by atoms with E-state index in [1.54, 1.807) is 0 Å². The lowest BCUT2D eigenvalue weighted by molar-refractivity contribution is 0.954. The molecule has 3 heterocycles. The normalized spacial score (nSPS) is 11.5. The molecule has 0 atom stereocenters. The lowest BCUT2D eigenvalue weighted by atomic mass is 9.96. The van der Waals surface area contributed by atoms with Crippen LogP contribution in [-0.4, -0.2) is 24.1 Å². The highest BCUT2D eigenvalue weighted by atomic mass is 15.2. The second-order valence-corrected chi connectivity index (χ2v) is 15.6. The van der Waals surface area contributed by atoms with E-state index in [2.05, 4.69) is 209 Å². The number of rotatable bonds is 7. The SMILES string of the molecule is c1ccc(-c2ccc(-c3nc(-c4ccccc4)nc(-n4c5ccccc5c5c(-c6ccccc6)c6c(cc54)c4ccccc4n6-c4ccc(-c5ccccc5)cc4)n3)cc2)cc1. The van der Waals surface area contributed by atoms with Gasteiger partial charge in [0.05, 0.1) is 22.1 Å². The molecule has 0 aliphatic heterocycles. The Kier molecular flexibility index (Phi) is 8.42. The molecule has 0 unspecified atom stereocenters. The van der Waals surface area contributed by atoms with Crippen LogP contribution in [-0.2, 0) is 0 Å². The molecule has 3 aromatic heterocycles. The number of para-hydroxylation sites is 2. The number of fused-ring (bicyclic) bond motifs is 6. The Balaban J connectivity index is 1.16. The zero-order valence-corrected chi connectivity index (χ0v) is 33.6. The first kappa shape index (κ1) is 35.5. The zero-order valence-electron chi connectivity index (χ0n) is 33.6. The highest BCUT2D eigenvalue weighted by Crippen LogP contribution is 2.46. The monoisotopic (exact) mass is 791 g/mol. The molecule has 0 saturated heterocycles. The van der Waals surface area contributed by atoms with Crippen LogP contribution < -0.4 is 0 Å². The summed E-state index contributed by atoms with van der Waals surface area (Å²) in [6.45, 7) is 0. The third-order valence-electron chi connectivity index (χ3n) is 12.0. The summed E-state index contributed by atoms with van der Waals surface area (Å²) in [5.41, 5.74) is 14.3. The zero-order chi connectivity index (χ0) is 41.0. The van der Waals surface area contributed by atoms with Crippen LogP contribution in [0.2, 0.25) is 0 Å². The number of hydrogen-bond acceptors (Lipinski definition) is 3. The molecular weight excluding hydrogens is 755 g/mol. The van der Waals surface area contributed by atoms with Crippen molar-refractivity contribution in [3.05, 3.63) is 224 Å². The van der Waals surface area contributed by atoms with Crippen LogP contribution in [0.3, 0.4) is 0 Å². The Morgan fingerprint density at radius 3 is 1.29 bits per heavy atom. The van der Waals surface area contributed by atoms with E-state index in [4.69, 9.17) is 15.0 Å². The number of nitrogens with zero attached hydrogens (tertiary/aromatic N) is 5. The summed E-state index contributed by atoms with van der Waals surface area (Å²) in [5, 5.41) is 4.58. The molecule has 290 valence electrons. The summed E-state index contributed by atoms with van der Waals surface area (Å²) in [7, 11) is 0. The van der Waals surface area contributed by atoms with E-state index in [1.165, 1.54) is 16.5 Å². The van der Waals surface area contributed by atoms with Gasteiger partial charge in [0.1, 0.15) is 0 Å². The standard InChI is InChI=1S/C57H37N5/c1-5-17-38(18-6-1)40-29-31-44(32-30-40)56-58-55(43-23-11-4-12-24-43)59-57(60-56)62-50-28-16-14-26-47(50)53-51(62)37-48-46-25-13-15-27-49(46)61(54(48)52(53)42-21-9-3-10-22-42)45-35-33-41(34-36-45)39-19-7-2-8-20-39/h1-37H. The van der Waals surface area contributed by atoms with Gasteiger partial charge < -0.3 is 4.57 Å². The van der Waals surface area contributed by atoms with E-state index < -0.39 is 0 Å². The van der Waals surface area contributed by atoms with Crippen LogP contribution in [0.25, 0.3) is 111 Å². The van der Waals surface area contributed by atoms with Crippen molar-refractivity contribution in [1.29, 1.82) is 0 Å². The summed E-state index contributed by atoms with van der Waals surface area (Å²) in [6.07, 6.45) is 0. The molecule has 0 bridgehead atoms. The minimum atomic E-state index is 0.561. The fourth-order valence-corrected chi connectivity index (χ4v) is 9.13. The maximum absolute atomic E-state index is 5.34. The molecule has 0 aliphatic carbocycles. The van der Waals surface area contributed by atoms with Crippen molar-refractivity contribution in [2.75, 3.05) is 0 Å². The summed E-state index contributed by atoms with van der Waals surface area (Å²) >= 11 is 0. The average Bonchev–Trinajstić information content (AvgIpc) is 3.87. The molecule has 12 aromatic rings. The maximum atomic E-state index is 5.34. The molecule has 62 heavy (non-hydrogen) atoms. The smallest absolute Gasteiger partial charge is 0.238 e. The number of hydrogen-bond donors (Lipinski definition) is 0. The van der Waals surface area contributed by atoms with Gasteiger partial charge in [0, 0.05) is 43.9 Å². The minimum Gasteiger partial charge on any atom is -0.309 e. The van der Waals surface area contributed by atoms with Crippen LogP contribution in [0.1, 0.15) is 0 Å². The van der Waals surface area contributed by atoms with Crippen molar-refractivity contribution in [2.24, 2.45) is 0 Å². The van der Waals surface area contributed by atoms with Gasteiger partial charge in [-0.3, -0.25) is 4.57 Å². The molecule has 5 nitrogen and oxygen atoms in total. The van der Waals surface area contributed by atoms with Crippen molar-refractivity contribution in [3.8, 4) is 67.8 Å². The maximum Gasteiger partial charge on any atom is 0.238 e. The fourth-order valence-electron chi connectivity index (χ4n) is 9.13. The highest BCUT2D eigenvalue weighted by Gasteiger charge is 2.25. The molecule has 12 rings (SSSR count). The average molecular weight is 792 g/mol. The largest absolute Gasteiger partial charge is 0.309 e. The molecular formula is C57H37N5. The van der Waals surface area contributed by atoms with E-state index in [1.807, 2.05) is 24.3 Å². The van der Waals surface area contributed by atoms with E-state index in [0.717, 1.165) is 77.3 Å². The van der Waals surface area contributed by atoms with Gasteiger partial charge in [-0.25, -0.2) is 4.98 Å². The predicted molar refractivity (Wildman–Crippen MR) is 256 cm³/mol. The van der Waals surface area contributed by atoms with Gasteiger partial charge in [0.15, 0.2) is 11.6 Å². The fraction of sp³-hybridized carbons (Fsp3) is 0. The third-order valence-corrected chi connectivity index (χ3v) is 12.0. The lowest BCUT2D eigenvalue weighted by Crippen LogP contribution is -2.06. The topological polar surface area (TPSA) is 48.5 Å². The van der Waals surface area contributed by atoms with Crippen LogP contribution in [0, 0.1) is 0 Å². The first-order valence-corrected chi connectivity index (χ1v) is 21.0. The van der Waals surface area contributed by atoms with Gasteiger partial charge in [-0.15, -0.1) is 0 Å². The van der Waals surface area contributed by atoms with Crippen molar-refractivity contribution in [3.63, 3.8) is 0 Å². The second kappa shape index (κ2) is 14.7. The third kappa shape index (κ3) is 5.90. The van der Waals surface area contributed by atoms with Crippen molar-refractivity contribution >= 4 is 43.6 Å². The Hall–Kier alpha value is -8.41. The molecule has 0 aliphatic rings. The number of benzene rings is 9. The molecule has 0 radical (unpaired) electrons. The van der Waals surface area contributed by atoms with Crippen molar-refractivity contribution < 1.29 is 0 Å². The van der Waals surface area contributed by atoms with E-state index in [-0.39, 0.29) is 0 Å². The van der Waals surface area contributed by atoms with Gasteiger partial charge in [-0.05, 0) is 58.1 Å². The Morgan fingerprint density at radius 2 is 0.710 bits per heavy atom.